The number of ketones is 1. The number of carbonyl (C=O) groups is 1. The molecular formula is C14H15N3O. The molecule has 1 aromatic carbocycles. The van der Waals surface area contributed by atoms with E-state index in [4.69, 9.17) is 11.5 Å². The third-order valence-corrected chi connectivity index (χ3v) is 2.80. The van der Waals surface area contributed by atoms with Crippen LogP contribution >= 0.6 is 0 Å². The molecule has 4 nitrogen and oxygen atoms in total. The van der Waals surface area contributed by atoms with E-state index in [1.165, 1.54) is 0 Å². The predicted octanol–water partition coefficient (Wildman–Crippen LogP) is 1.48. The zero-order chi connectivity index (χ0) is 13.0. The number of nitrogens with two attached hydrogens (primary N) is 2. The monoisotopic (exact) mass is 241 g/mol. The van der Waals surface area contributed by atoms with Crippen molar-refractivity contribution in [2.45, 2.75) is 12.5 Å². The van der Waals surface area contributed by atoms with E-state index in [0.29, 0.717) is 11.4 Å². The molecule has 2 rings (SSSR count). The van der Waals surface area contributed by atoms with Crippen LogP contribution in [0.4, 0.5) is 5.82 Å². The van der Waals surface area contributed by atoms with Crippen molar-refractivity contribution >= 4 is 11.6 Å². The van der Waals surface area contributed by atoms with Gasteiger partial charge in [-0.05, 0) is 11.6 Å². The number of carbonyl (C=O) groups excluding carboxylic acids is 1. The van der Waals surface area contributed by atoms with E-state index in [0.717, 1.165) is 5.56 Å². The Hall–Kier alpha value is -2.20. The quantitative estimate of drug-likeness (QED) is 0.849. The summed E-state index contributed by atoms with van der Waals surface area (Å²) in [6.45, 7) is 0. The van der Waals surface area contributed by atoms with Crippen LogP contribution in [0.1, 0.15) is 17.2 Å². The highest BCUT2D eigenvalue weighted by Crippen LogP contribution is 2.15. The van der Waals surface area contributed by atoms with Crippen LogP contribution in [0.25, 0.3) is 0 Å². The molecule has 0 spiro atoms. The molecule has 0 aliphatic rings. The fraction of sp³-hybridized carbons (Fsp3) is 0.143. The van der Waals surface area contributed by atoms with Crippen LogP contribution < -0.4 is 11.5 Å². The molecule has 0 saturated carbocycles. The lowest BCUT2D eigenvalue weighted by atomic mass is 9.99. The van der Waals surface area contributed by atoms with Crippen molar-refractivity contribution in [2.75, 3.05) is 5.73 Å². The van der Waals surface area contributed by atoms with Gasteiger partial charge in [-0.3, -0.25) is 4.79 Å². The zero-order valence-corrected chi connectivity index (χ0v) is 9.91. The molecule has 18 heavy (non-hydrogen) atoms. The maximum Gasteiger partial charge on any atom is 0.158 e. The SMILES string of the molecule is Nc1ncccc1CC(=O)[C@H](N)c1ccccc1. The molecule has 1 atom stereocenters. The van der Waals surface area contributed by atoms with Crippen LogP contribution in [0, 0.1) is 0 Å². The van der Waals surface area contributed by atoms with Gasteiger partial charge < -0.3 is 11.5 Å². The summed E-state index contributed by atoms with van der Waals surface area (Å²) in [5, 5.41) is 0. The largest absolute Gasteiger partial charge is 0.383 e. The number of aromatic nitrogens is 1. The number of nitrogens with zero attached hydrogens (tertiary/aromatic N) is 1. The lowest BCUT2D eigenvalue weighted by Gasteiger charge is -2.11. The summed E-state index contributed by atoms with van der Waals surface area (Å²) in [6.07, 6.45) is 1.80. The van der Waals surface area contributed by atoms with Gasteiger partial charge in [-0.15, -0.1) is 0 Å². The number of hydrogen-bond acceptors (Lipinski definition) is 4. The number of pyridine rings is 1. The average Bonchev–Trinajstić information content (AvgIpc) is 2.41. The molecule has 0 bridgehead atoms. The van der Waals surface area contributed by atoms with Gasteiger partial charge in [0.05, 0.1) is 6.04 Å². The molecule has 1 aromatic heterocycles. The van der Waals surface area contributed by atoms with Gasteiger partial charge in [-0.1, -0.05) is 36.4 Å². The highest BCUT2D eigenvalue weighted by molar-refractivity contribution is 5.87. The van der Waals surface area contributed by atoms with Crippen molar-refractivity contribution in [3.05, 3.63) is 59.8 Å². The summed E-state index contributed by atoms with van der Waals surface area (Å²) in [4.78, 5) is 16.0. The van der Waals surface area contributed by atoms with Crippen LogP contribution in [0.2, 0.25) is 0 Å². The van der Waals surface area contributed by atoms with Gasteiger partial charge in [0.15, 0.2) is 5.78 Å². The van der Waals surface area contributed by atoms with Crippen molar-refractivity contribution in [2.24, 2.45) is 5.73 Å². The van der Waals surface area contributed by atoms with Gasteiger partial charge in [0.25, 0.3) is 0 Å². The second kappa shape index (κ2) is 5.42. The summed E-state index contributed by atoms with van der Waals surface area (Å²) >= 11 is 0. The first-order valence-electron chi connectivity index (χ1n) is 5.71. The molecule has 2 aromatic rings. The summed E-state index contributed by atoms with van der Waals surface area (Å²) in [6, 6.07) is 12.2. The first-order valence-corrected chi connectivity index (χ1v) is 5.71. The Morgan fingerprint density at radius 2 is 1.89 bits per heavy atom. The molecule has 92 valence electrons. The Morgan fingerprint density at radius 1 is 1.17 bits per heavy atom. The molecule has 4 heteroatoms. The Labute approximate surface area is 106 Å². The van der Waals surface area contributed by atoms with Gasteiger partial charge in [-0.25, -0.2) is 4.98 Å². The Balaban J connectivity index is 2.12. The predicted molar refractivity (Wildman–Crippen MR) is 70.7 cm³/mol. The van der Waals surface area contributed by atoms with E-state index >= 15 is 0 Å². The van der Waals surface area contributed by atoms with Crippen LogP contribution in [0.15, 0.2) is 48.7 Å². The van der Waals surface area contributed by atoms with Gasteiger partial charge >= 0.3 is 0 Å². The third-order valence-electron chi connectivity index (χ3n) is 2.80. The highest BCUT2D eigenvalue weighted by atomic mass is 16.1. The number of hydrogen-bond donors (Lipinski definition) is 2. The summed E-state index contributed by atoms with van der Waals surface area (Å²) in [5.41, 5.74) is 13.2. The van der Waals surface area contributed by atoms with E-state index < -0.39 is 6.04 Å². The van der Waals surface area contributed by atoms with Crippen LogP contribution in [-0.4, -0.2) is 10.8 Å². The highest BCUT2D eigenvalue weighted by Gasteiger charge is 2.16. The number of rotatable bonds is 4. The van der Waals surface area contributed by atoms with Gasteiger partial charge in [0.2, 0.25) is 0 Å². The summed E-state index contributed by atoms with van der Waals surface area (Å²) in [5.74, 6) is 0.312. The smallest absolute Gasteiger partial charge is 0.158 e. The number of Topliss-reactive ketones (excluding diaryl/α,β-unsaturated/α-hetero) is 1. The standard InChI is InChI=1S/C14H15N3O/c15-13(10-5-2-1-3-6-10)12(18)9-11-7-4-8-17-14(11)16/h1-8,13H,9,15H2,(H2,16,17)/t13-/m1/s1. The maximum absolute atomic E-state index is 12.1. The van der Waals surface area contributed by atoms with Crippen molar-refractivity contribution in [1.82, 2.24) is 4.98 Å². The van der Waals surface area contributed by atoms with Crippen molar-refractivity contribution in [3.63, 3.8) is 0 Å². The van der Waals surface area contributed by atoms with Crippen molar-refractivity contribution in [3.8, 4) is 0 Å². The first-order chi connectivity index (χ1) is 8.68. The number of anilines is 1. The van der Waals surface area contributed by atoms with E-state index in [9.17, 15) is 4.79 Å². The fourth-order valence-electron chi connectivity index (χ4n) is 1.74. The molecule has 0 unspecified atom stereocenters. The Kier molecular flexibility index (Phi) is 3.69. The minimum absolute atomic E-state index is 0.0686. The average molecular weight is 241 g/mol. The Bertz CT molecular complexity index is 540. The third kappa shape index (κ3) is 2.73. The van der Waals surface area contributed by atoms with E-state index in [1.807, 2.05) is 30.3 Å². The van der Waals surface area contributed by atoms with Gasteiger partial charge in [0, 0.05) is 18.2 Å². The molecular weight excluding hydrogens is 226 g/mol. The minimum atomic E-state index is -0.620. The first kappa shape index (κ1) is 12.3. The topological polar surface area (TPSA) is 82.0 Å². The summed E-state index contributed by atoms with van der Waals surface area (Å²) < 4.78 is 0. The second-order valence-corrected chi connectivity index (χ2v) is 4.08. The molecule has 0 aliphatic heterocycles. The van der Waals surface area contributed by atoms with Crippen molar-refractivity contribution in [1.29, 1.82) is 0 Å². The zero-order valence-electron chi connectivity index (χ0n) is 9.91. The second-order valence-electron chi connectivity index (χ2n) is 4.08. The molecule has 0 saturated heterocycles. The van der Waals surface area contributed by atoms with Crippen LogP contribution in [0.3, 0.4) is 0 Å². The molecule has 4 N–H and O–H groups in total. The summed E-state index contributed by atoms with van der Waals surface area (Å²) in [7, 11) is 0. The fourth-order valence-corrected chi connectivity index (χ4v) is 1.74. The number of nitrogen functional groups attached to an aromatic ring is 1. The van der Waals surface area contributed by atoms with Crippen LogP contribution in [-0.2, 0) is 11.2 Å². The van der Waals surface area contributed by atoms with E-state index in [-0.39, 0.29) is 12.2 Å². The molecule has 0 aliphatic carbocycles. The molecule has 0 radical (unpaired) electrons. The van der Waals surface area contributed by atoms with Crippen LogP contribution in [0.5, 0.6) is 0 Å². The van der Waals surface area contributed by atoms with Gasteiger partial charge in [0.1, 0.15) is 5.82 Å². The Morgan fingerprint density at radius 3 is 2.56 bits per heavy atom. The van der Waals surface area contributed by atoms with E-state index in [1.54, 1.807) is 18.3 Å². The lowest BCUT2D eigenvalue weighted by Crippen LogP contribution is -2.23. The maximum atomic E-state index is 12.1. The van der Waals surface area contributed by atoms with Crippen molar-refractivity contribution < 1.29 is 4.79 Å². The molecule has 1 heterocycles. The lowest BCUT2D eigenvalue weighted by molar-refractivity contribution is -0.119. The van der Waals surface area contributed by atoms with E-state index in [2.05, 4.69) is 4.98 Å². The normalized spacial score (nSPS) is 12.1. The molecule has 0 amide bonds. The van der Waals surface area contributed by atoms with Gasteiger partial charge in [-0.2, -0.15) is 0 Å². The number of benzene rings is 1. The molecule has 0 fully saturated rings. The minimum Gasteiger partial charge on any atom is -0.383 e.